The zero-order valence-electron chi connectivity index (χ0n) is 15.4. The molecule has 1 aromatic heterocycles. The number of hydrogen-bond acceptors (Lipinski definition) is 5. The molecule has 3 rings (SSSR count). The van der Waals surface area contributed by atoms with Gasteiger partial charge in [-0.3, -0.25) is 14.6 Å². The molecular weight excluding hydrogens is 368 g/mol. The molecule has 1 aromatic carbocycles. The van der Waals surface area contributed by atoms with Crippen molar-refractivity contribution in [1.82, 2.24) is 15.1 Å². The molecule has 1 aliphatic rings. The highest BCUT2D eigenvalue weighted by atomic mass is 32.2. The Bertz CT molecular complexity index is 884. The van der Waals surface area contributed by atoms with Gasteiger partial charge in [-0.15, -0.1) is 0 Å². The number of H-pyrrole nitrogens is 1. The second kappa shape index (κ2) is 7.99. The standard InChI is InChI=1S/C18H24N4O4S/c1-3-26-15-6-4-14(5-7-15)21-27(24,25)17-12-16(19-20-17)18(23)22-10-8-13(2)9-11-22/h4-7,12-13,21H,3,8-11H2,1-2H3,(H,19,20). The number of anilines is 1. The molecule has 0 bridgehead atoms. The first-order valence-corrected chi connectivity index (χ1v) is 10.5. The van der Waals surface area contributed by atoms with Gasteiger partial charge < -0.3 is 9.64 Å². The third kappa shape index (κ3) is 4.60. The SMILES string of the molecule is CCOc1ccc(NS(=O)(=O)c2cc(C(=O)N3CCC(C)CC3)n[nH]2)cc1. The van der Waals surface area contributed by atoms with E-state index in [1.54, 1.807) is 29.2 Å². The monoisotopic (exact) mass is 392 g/mol. The van der Waals surface area contributed by atoms with E-state index in [2.05, 4.69) is 21.8 Å². The fourth-order valence-electron chi connectivity index (χ4n) is 2.92. The first-order valence-electron chi connectivity index (χ1n) is 8.99. The topological polar surface area (TPSA) is 104 Å². The van der Waals surface area contributed by atoms with E-state index in [4.69, 9.17) is 4.74 Å². The normalized spacial score (nSPS) is 15.6. The van der Waals surface area contributed by atoms with E-state index in [9.17, 15) is 13.2 Å². The first kappa shape index (κ1) is 19.2. The molecule has 0 radical (unpaired) electrons. The van der Waals surface area contributed by atoms with Crippen molar-refractivity contribution in [2.24, 2.45) is 5.92 Å². The Kier molecular flexibility index (Phi) is 5.69. The van der Waals surface area contributed by atoms with Crippen LogP contribution in [0.15, 0.2) is 35.4 Å². The summed E-state index contributed by atoms with van der Waals surface area (Å²) in [5.74, 6) is 1.01. The molecule has 1 amide bonds. The molecule has 1 aliphatic heterocycles. The van der Waals surface area contributed by atoms with E-state index >= 15 is 0 Å². The van der Waals surface area contributed by atoms with Crippen LogP contribution in [-0.2, 0) is 10.0 Å². The Morgan fingerprint density at radius 2 is 1.96 bits per heavy atom. The van der Waals surface area contributed by atoms with Crippen LogP contribution in [0.5, 0.6) is 5.75 Å². The molecule has 1 saturated heterocycles. The highest BCUT2D eigenvalue weighted by molar-refractivity contribution is 7.92. The van der Waals surface area contributed by atoms with E-state index in [-0.39, 0.29) is 16.6 Å². The molecule has 0 spiro atoms. The third-order valence-corrected chi connectivity index (χ3v) is 5.84. The Balaban J connectivity index is 1.69. The molecule has 2 N–H and O–H groups in total. The molecule has 0 aliphatic carbocycles. The van der Waals surface area contributed by atoms with Crippen LogP contribution in [0.1, 0.15) is 37.2 Å². The molecule has 146 valence electrons. The number of benzene rings is 1. The van der Waals surface area contributed by atoms with Gasteiger partial charge in [-0.25, -0.2) is 0 Å². The Hall–Kier alpha value is -2.55. The van der Waals surface area contributed by atoms with E-state index in [0.717, 1.165) is 12.8 Å². The minimum atomic E-state index is -3.87. The summed E-state index contributed by atoms with van der Waals surface area (Å²) in [7, 11) is -3.87. The highest BCUT2D eigenvalue weighted by Crippen LogP contribution is 2.21. The van der Waals surface area contributed by atoms with E-state index in [1.807, 2.05) is 6.92 Å². The molecule has 8 nitrogen and oxygen atoms in total. The maximum Gasteiger partial charge on any atom is 0.278 e. The van der Waals surface area contributed by atoms with Gasteiger partial charge in [0.25, 0.3) is 15.9 Å². The van der Waals surface area contributed by atoms with Gasteiger partial charge in [-0.1, -0.05) is 6.92 Å². The molecule has 2 aromatic rings. The number of piperidine rings is 1. The number of ether oxygens (including phenoxy) is 1. The number of likely N-dealkylation sites (tertiary alicyclic amines) is 1. The van der Waals surface area contributed by atoms with E-state index in [0.29, 0.717) is 37.1 Å². The zero-order chi connectivity index (χ0) is 19.4. The molecule has 2 heterocycles. The van der Waals surface area contributed by atoms with Gasteiger partial charge in [0.2, 0.25) is 0 Å². The van der Waals surface area contributed by atoms with Crippen LogP contribution in [0.2, 0.25) is 0 Å². The summed E-state index contributed by atoms with van der Waals surface area (Å²) in [5, 5.41) is 6.21. The molecule has 27 heavy (non-hydrogen) atoms. The smallest absolute Gasteiger partial charge is 0.278 e. The van der Waals surface area contributed by atoms with Gasteiger partial charge in [0, 0.05) is 24.8 Å². The lowest BCUT2D eigenvalue weighted by molar-refractivity contribution is 0.0691. The van der Waals surface area contributed by atoms with Crippen molar-refractivity contribution < 1.29 is 17.9 Å². The summed E-state index contributed by atoms with van der Waals surface area (Å²) in [6, 6.07) is 7.86. The lowest BCUT2D eigenvalue weighted by Crippen LogP contribution is -2.38. The minimum Gasteiger partial charge on any atom is -0.494 e. The van der Waals surface area contributed by atoms with Crippen molar-refractivity contribution in [3.8, 4) is 5.75 Å². The van der Waals surface area contributed by atoms with E-state index < -0.39 is 10.0 Å². The molecule has 9 heteroatoms. The molecular formula is C18H24N4O4S. The summed E-state index contributed by atoms with van der Waals surface area (Å²) in [6.07, 6.45) is 1.89. The summed E-state index contributed by atoms with van der Waals surface area (Å²) in [4.78, 5) is 14.2. The molecule has 0 unspecified atom stereocenters. The van der Waals surface area contributed by atoms with Crippen LogP contribution in [0, 0.1) is 5.92 Å². The fraction of sp³-hybridized carbons (Fsp3) is 0.444. The number of carbonyl (C=O) groups excluding carboxylic acids is 1. The van der Waals surface area contributed by atoms with Crippen LogP contribution < -0.4 is 9.46 Å². The number of amides is 1. The summed E-state index contributed by atoms with van der Waals surface area (Å²) < 4.78 is 32.9. The van der Waals surface area contributed by atoms with Gasteiger partial charge in [0.05, 0.1) is 6.61 Å². The van der Waals surface area contributed by atoms with Crippen LogP contribution >= 0.6 is 0 Å². The van der Waals surface area contributed by atoms with Crippen molar-refractivity contribution in [3.63, 3.8) is 0 Å². The maximum atomic E-state index is 12.5. The number of nitrogens with zero attached hydrogens (tertiary/aromatic N) is 2. The number of sulfonamides is 1. The molecule has 0 atom stereocenters. The predicted octanol–water partition coefficient (Wildman–Crippen LogP) is 2.48. The summed E-state index contributed by atoms with van der Waals surface area (Å²) in [6.45, 7) is 5.90. The van der Waals surface area contributed by atoms with Crippen molar-refractivity contribution in [3.05, 3.63) is 36.0 Å². The zero-order valence-corrected chi connectivity index (χ0v) is 16.3. The van der Waals surface area contributed by atoms with Gasteiger partial charge in [0.15, 0.2) is 10.7 Å². The van der Waals surface area contributed by atoms with Gasteiger partial charge in [-0.2, -0.15) is 13.5 Å². The second-order valence-electron chi connectivity index (χ2n) is 6.66. The quantitative estimate of drug-likeness (QED) is 0.786. The number of aromatic nitrogens is 2. The first-order chi connectivity index (χ1) is 12.9. The van der Waals surface area contributed by atoms with Crippen LogP contribution in [0.4, 0.5) is 5.69 Å². The predicted molar refractivity (Wildman–Crippen MR) is 101 cm³/mol. The molecule has 0 saturated carbocycles. The van der Waals surface area contributed by atoms with Crippen molar-refractivity contribution >= 4 is 21.6 Å². The largest absolute Gasteiger partial charge is 0.494 e. The van der Waals surface area contributed by atoms with E-state index in [1.165, 1.54) is 6.07 Å². The van der Waals surface area contributed by atoms with Crippen LogP contribution in [0.25, 0.3) is 0 Å². The number of hydrogen-bond donors (Lipinski definition) is 2. The van der Waals surface area contributed by atoms with Gasteiger partial charge >= 0.3 is 0 Å². The highest BCUT2D eigenvalue weighted by Gasteiger charge is 2.25. The summed E-state index contributed by atoms with van der Waals surface area (Å²) >= 11 is 0. The molecule has 1 fully saturated rings. The lowest BCUT2D eigenvalue weighted by atomic mass is 9.99. The number of carbonyl (C=O) groups is 1. The Morgan fingerprint density at radius 1 is 1.30 bits per heavy atom. The van der Waals surface area contributed by atoms with Gasteiger partial charge in [0.1, 0.15) is 5.75 Å². The average Bonchev–Trinajstić information content (AvgIpc) is 3.15. The summed E-state index contributed by atoms with van der Waals surface area (Å²) in [5.41, 5.74) is 0.502. The Morgan fingerprint density at radius 3 is 2.59 bits per heavy atom. The van der Waals surface area contributed by atoms with Gasteiger partial charge in [-0.05, 0) is 49.9 Å². The average molecular weight is 392 g/mol. The maximum absolute atomic E-state index is 12.5. The number of nitrogens with one attached hydrogen (secondary N) is 2. The number of aromatic amines is 1. The minimum absolute atomic E-state index is 0.108. The number of rotatable bonds is 6. The van der Waals surface area contributed by atoms with Crippen molar-refractivity contribution in [2.75, 3.05) is 24.4 Å². The lowest BCUT2D eigenvalue weighted by Gasteiger charge is -2.29. The third-order valence-electron chi connectivity index (χ3n) is 4.55. The Labute approximate surface area is 159 Å². The van der Waals surface area contributed by atoms with Crippen LogP contribution in [0.3, 0.4) is 0 Å². The van der Waals surface area contributed by atoms with Crippen LogP contribution in [-0.4, -0.2) is 49.1 Å². The van der Waals surface area contributed by atoms with Crippen molar-refractivity contribution in [2.45, 2.75) is 31.7 Å². The van der Waals surface area contributed by atoms with Crippen molar-refractivity contribution in [1.29, 1.82) is 0 Å². The second-order valence-corrected chi connectivity index (χ2v) is 8.31. The fourth-order valence-corrected chi connectivity index (χ4v) is 3.91.